The van der Waals surface area contributed by atoms with Gasteiger partial charge in [0.1, 0.15) is 10.8 Å². The van der Waals surface area contributed by atoms with Gasteiger partial charge in [0.2, 0.25) is 5.01 Å². The molecule has 3 aromatic rings. The summed E-state index contributed by atoms with van der Waals surface area (Å²) in [4.78, 5) is 26.7. The fourth-order valence-electron chi connectivity index (χ4n) is 3.36. The second-order valence-electron chi connectivity index (χ2n) is 7.29. The molecular formula is C21H23N5O3S. The number of aromatic nitrogens is 2. The maximum atomic E-state index is 12.5. The zero-order valence-electron chi connectivity index (χ0n) is 16.6. The molecule has 1 fully saturated rings. The van der Waals surface area contributed by atoms with Gasteiger partial charge in [0.15, 0.2) is 0 Å². The Morgan fingerprint density at radius 2 is 2.07 bits per heavy atom. The molecule has 2 N–H and O–H groups in total. The molecule has 0 saturated carbocycles. The Bertz CT molecular complexity index is 1000. The maximum Gasteiger partial charge on any atom is 0.317 e. The van der Waals surface area contributed by atoms with Crippen molar-refractivity contribution in [2.75, 3.05) is 18.4 Å². The third-order valence-electron chi connectivity index (χ3n) is 5.00. The van der Waals surface area contributed by atoms with E-state index in [0.717, 1.165) is 29.1 Å². The summed E-state index contributed by atoms with van der Waals surface area (Å²) in [5.41, 5.74) is 1.85. The number of benzene rings is 1. The molecular weight excluding hydrogens is 402 g/mol. The van der Waals surface area contributed by atoms with E-state index >= 15 is 0 Å². The number of anilines is 1. The first-order valence-corrected chi connectivity index (χ1v) is 10.7. The average Bonchev–Trinajstić information content (AvgIpc) is 3.46. The van der Waals surface area contributed by atoms with Crippen LogP contribution in [-0.2, 0) is 6.54 Å². The topological polar surface area (TPSA) is 100 Å². The lowest BCUT2D eigenvalue weighted by Gasteiger charge is -2.31. The highest BCUT2D eigenvalue weighted by molar-refractivity contribution is 7.13. The number of piperidine rings is 1. The van der Waals surface area contributed by atoms with Crippen LogP contribution in [0.25, 0.3) is 0 Å². The highest BCUT2D eigenvalue weighted by atomic mass is 32.1. The predicted molar refractivity (Wildman–Crippen MR) is 114 cm³/mol. The van der Waals surface area contributed by atoms with Gasteiger partial charge < -0.3 is 20.0 Å². The molecule has 1 atom stereocenters. The van der Waals surface area contributed by atoms with Crippen LogP contribution in [0, 0.1) is 6.92 Å². The molecule has 4 rings (SSSR count). The fourth-order valence-corrected chi connectivity index (χ4v) is 4.23. The van der Waals surface area contributed by atoms with E-state index in [1.54, 1.807) is 17.2 Å². The molecule has 0 radical (unpaired) electrons. The smallest absolute Gasteiger partial charge is 0.317 e. The molecule has 8 nitrogen and oxygen atoms in total. The van der Waals surface area contributed by atoms with Crippen molar-refractivity contribution in [3.63, 3.8) is 0 Å². The van der Waals surface area contributed by atoms with Gasteiger partial charge >= 0.3 is 6.03 Å². The fraction of sp³-hybridized carbons (Fsp3) is 0.333. The van der Waals surface area contributed by atoms with E-state index in [1.165, 1.54) is 11.3 Å². The van der Waals surface area contributed by atoms with E-state index < -0.39 is 0 Å². The first-order chi connectivity index (χ1) is 14.6. The summed E-state index contributed by atoms with van der Waals surface area (Å²) in [7, 11) is 0. The lowest BCUT2D eigenvalue weighted by Crippen LogP contribution is -2.44. The minimum Gasteiger partial charge on any atom is -0.467 e. The van der Waals surface area contributed by atoms with Gasteiger partial charge in [-0.2, -0.15) is 0 Å². The standard InChI is InChI=1S/C21H23N5O3S/c1-14-6-8-16(9-7-14)23-18(27)20-25-24-19(30-20)15-4-2-10-26(13-15)21(28)22-12-17-5-3-11-29-17/h3,5-9,11,15H,2,4,10,12-13H2,1H3,(H,22,28)(H,23,27). The van der Waals surface area contributed by atoms with Gasteiger partial charge in [0.25, 0.3) is 5.91 Å². The molecule has 9 heteroatoms. The van der Waals surface area contributed by atoms with E-state index in [4.69, 9.17) is 4.42 Å². The van der Waals surface area contributed by atoms with Gasteiger partial charge in [-0.15, -0.1) is 10.2 Å². The van der Waals surface area contributed by atoms with Crippen LogP contribution in [0.2, 0.25) is 0 Å². The first kappa shape index (κ1) is 20.1. The van der Waals surface area contributed by atoms with Crippen molar-refractivity contribution in [1.82, 2.24) is 20.4 Å². The maximum absolute atomic E-state index is 12.5. The molecule has 0 aliphatic carbocycles. The highest BCUT2D eigenvalue weighted by Crippen LogP contribution is 2.29. The quantitative estimate of drug-likeness (QED) is 0.648. The van der Waals surface area contributed by atoms with Crippen molar-refractivity contribution in [3.8, 4) is 0 Å². The summed E-state index contributed by atoms with van der Waals surface area (Å²) >= 11 is 1.29. The number of aryl methyl sites for hydroxylation is 1. The average molecular weight is 426 g/mol. The number of nitrogens with zero attached hydrogens (tertiary/aromatic N) is 3. The van der Waals surface area contributed by atoms with Crippen LogP contribution in [0.1, 0.15) is 44.9 Å². The van der Waals surface area contributed by atoms with Crippen molar-refractivity contribution in [2.45, 2.75) is 32.2 Å². The number of furan rings is 1. The zero-order valence-corrected chi connectivity index (χ0v) is 17.4. The molecule has 30 heavy (non-hydrogen) atoms. The molecule has 3 heterocycles. The molecule has 2 aromatic heterocycles. The van der Waals surface area contributed by atoms with E-state index in [9.17, 15) is 9.59 Å². The van der Waals surface area contributed by atoms with E-state index in [1.807, 2.05) is 37.3 Å². The number of rotatable bonds is 5. The van der Waals surface area contributed by atoms with Crippen LogP contribution in [-0.4, -0.2) is 40.1 Å². The second-order valence-corrected chi connectivity index (χ2v) is 8.30. The van der Waals surface area contributed by atoms with E-state index in [0.29, 0.717) is 30.4 Å². The van der Waals surface area contributed by atoms with Crippen molar-refractivity contribution in [2.24, 2.45) is 0 Å². The second kappa shape index (κ2) is 9.08. The van der Waals surface area contributed by atoms with Crippen LogP contribution in [0.4, 0.5) is 10.5 Å². The van der Waals surface area contributed by atoms with E-state index in [2.05, 4.69) is 20.8 Å². The Balaban J connectivity index is 1.34. The number of nitrogens with one attached hydrogen (secondary N) is 2. The van der Waals surface area contributed by atoms with Gasteiger partial charge in [0.05, 0.1) is 12.8 Å². The third-order valence-corrected chi connectivity index (χ3v) is 6.08. The van der Waals surface area contributed by atoms with Crippen LogP contribution >= 0.6 is 11.3 Å². The molecule has 156 valence electrons. The number of hydrogen-bond acceptors (Lipinski definition) is 6. The van der Waals surface area contributed by atoms with Crippen LogP contribution in [0.3, 0.4) is 0 Å². The highest BCUT2D eigenvalue weighted by Gasteiger charge is 2.28. The van der Waals surface area contributed by atoms with Crippen molar-refractivity contribution in [3.05, 3.63) is 64.0 Å². The Morgan fingerprint density at radius 1 is 1.23 bits per heavy atom. The summed E-state index contributed by atoms with van der Waals surface area (Å²) in [6.45, 7) is 3.60. The van der Waals surface area contributed by atoms with Gasteiger partial charge in [0, 0.05) is 24.7 Å². The van der Waals surface area contributed by atoms with Crippen molar-refractivity contribution in [1.29, 1.82) is 0 Å². The van der Waals surface area contributed by atoms with Crippen LogP contribution < -0.4 is 10.6 Å². The predicted octanol–water partition coefficient (Wildman–Crippen LogP) is 3.78. The molecule has 1 aromatic carbocycles. The Labute approximate surface area is 178 Å². The number of carbonyl (C=O) groups is 2. The minimum absolute atomic E-state index is 0.0755. The number of urea groups is 1. The van der Waals surface area contributed by atoms with Gasteiger partial charge in [-0.1, -0.05) is 29.0 Å². The molecule has 1 aliphatic rings. The summed E-state index contributed by atoms with van der Waals surface area (Å²) in [5.74, 6) is 0.517. The first-order valence-electron chi connectivity index (χ1n) is 9.85. The van der Waals surface area contributed by atoms with Gasteiger partial charge in [-0.25, -0.2) is 4.79 Å². The molecule has 0 bridgehead atoms. The van der Waals surface area contributed by atoms with Crippen molar-refractivity contribution >= 4 is 29.0 Å². The number of likely N-dealkylation sites (tertiary alicyclic amines) is 1. The lowest BCUT2D eigenvalue weighted by molar-refractivity contribution is 0.102. The van der Waals surface area contributed by atoms with E-state index in [-0.39, 0.29) is 17.9 Å². The van der Waals surface area contributed by atoms with Gasteiger partial charge in [-0.05, 0) is 44.0 Å². The normalized spacial score (nSPS) is 16.3. The number of amides is 3. The third kappa shape index (κ3) is 4.85. The molecule has 0 spiro atoms. The Kier molecular flexibility index (Phi) is 6.08. The molecule has 1 saturated heterocycles. The van der Waals surface area contributed by atoms with Gasteiger partial charge in [-0.3, -0.25) is 4.79 Å². The Hall–Kier alpha value is -3.20. The van der Waals surface area contributed by atoms with Crippen LogP contribution in [0.5, 0.6) is 0 Å². The molecule has 1 unspecified atom stereocenters. The SMILES string of the molecule is Cc1ccc(NC(=O)c2nnc(C3CCCN(C(=O)NCc4ccco4)C3)s2)cc1. The summed E-state index contributed by atoms with van der Waals surface area (Å²) in [6.07, 6.45) is 3.37. The molecule has 1 aliphatic heterocycles. The summed E-state index contributed by atoms with van der Waals surface area (Å²) in [5, 5.41) is 15.1. The minimum atomic E-state index is -0.272. The van der Waals surface area contributed by atoms with Crippen molar-refractivity contribution < 1.29 is 14.0 Å². The monoisotopic (exact) mass is 425 g/mol. The largest absolute Gasteiger partial charge is 0.467 e. The number of carbonyl (C=O) groups excluding carboxylic acids is 2. The Morgan fingerprint density at radius 3 is 2.83 bits per heavy atom. The molecule has 3 amide bonds. The zero-order chi connectivity index (χ0) is 20.9. The number of hydrogen-bond donors (Lipinski definition) is 2. The summed E-state index contributed by atoms with van der Waals surface area (Å²) < 4.78 is 5.25. The van der Waals surface area contributed by atoms with Crippen LogP contribution in [0.15, 0.2) is 47.1 Å². The summed E-state index contributed by atoms with van der Waals surface area (Å²) in [6, 6.07) is 11.1. The lowest BCUT2D eigenvalue weighted by atomic mass is 9.99.